The van der Waals surface area contributed by atoms with Crippen LogP contribution in [0.15, 0.2) is 0 Å². The molecule has 0 unspecified atom stereocenters. The molecule has 0 aromatic heterocycles. The standard InChI is InChI=1S/C8H14O2/c1-9-10-8(5-2-6-8)7-3-4-7/h7H,2-6H2,1H3. The van der Waals surface area contributed by atoms with Crippen molar-refractivity contribution in [3.8, 4) is 0 Å². The molecule has 0 spiro atoms. The predicted octanol–water partition coefficient (Wildman–Crippen LogP) is 1.90. The van der Waals surface area contributed by atoms with Gasteiger partial charge in [-0.25, -0.2) is 9.78 Å². The second-order valence-corrected chi connectivity index (χ2v) is 3.44. The normalized spacial score (nSPS) is 29.7. The summed E-state index contributed by atoms with van der Waals surface area (Å²) in [5.41, 5.74) is 0.161. The van der Waals surface area contributed by atoms with E-state index in [2.05, 4.69) is 0 Å². The van der Waals surface area contributed by atoms with Crippen molar-refractivity contribution in [2.24, 2.45) is 5.92 Å². The van der Waals surface area contributed by atoms with Crippen molar-refractivity contribution < 1.29 is 9.78 Å². The Kier molecular flexibility index (Phi) is 1.46. The molecule has 0 radical (unpaired) electrons. The van der Waals surface area contributed by atoms with E-state index in [1.54, 1.807) is 7.11 Å². The minimum atomic E-state index is 0.161. The molecule has 0 heterocycles. The van der Waals surface area contributed by atoms with E-state index in [-0.39, 0.29) is 5.60 Å². The molecule has 0 aromatic carbocycles. The summed E-state index contributed by atoms with van der Waals surface area (Å²) >= 11 is 0. The van der Waals surface area contributed by atoms with Gasteiger partial charge in [0.1, 0.15) is 5.60 Å². The second-order valence-electron chi connectivity index (χ2n) is 3.44. The van der Waals surface area contributed by atoms with Crippen LogP contribution in [0.3, 0.4) is 0 Å². The maximum atomic E-state index is 5.29. The first-order valence-electron chi connectivity index (χ1n) is 4.09. The molecule has 0 aromatic rings. The van der Waals surface area contributed by atoms with E-state index < -0.39 is 0 Å². The third-order valence-electron chi connectivity index (χ3n) is 2.77. The fourth-order valence-electron chi connectivity index (χ4n) is 1.86. The summed E-state index contributed by atoms with van der Waals surface area (Å²) in [6.07, 6.45) is 6.45. The van der Waals surface area contributed by atoms with Crippen molar-refractivity contribution in [2.75, 3.05) is 7.11 Å². The van der Waals surface area contributed by atoms with Crippen LogP contribution in [-0.4, -0.2) is 12.7 Å². The highest BCUT2D eigenvalue weighted by atomic mass is 17.2. The lowest BCUT2D eigenvalue weighted by molar-refractivity contribution is -0.369. The van der Waals surface area contributed by atoms with Crippen molar-refractivity contribution in [3.63, 3.8) is 0 Å². The summed E-state index contributed by atoms with van der Waals surface area (Å²) in [5.74, 6) is 0.821. The van der Waals surface area contributed by atoms with E-state index in [0.29, 0.717) is 0 Å². The van der Waals surface area contributed by atoms with Crippen LogP contribution < -0.4 is 0 Å². The smallest absolute Gasteiger partial charge is 0.106 e. The highest BCUT2D eigenvalue weighted by Gasteiger charge is 2.51. The van der Waals surface area contributed by atoms with Gasteiger partial charge in [-0.1, -0.05) is 0 Å². The number of hydrogen-bond acceptors (Lipinski definition) is 2. The molecule has 0 N–H and O–H groups in total. The predicted molar refractivity (Wildman–Crippen MR) is 37.4 cm³/mol. The van der Waals surface area contributed by atoms with Crippen LogP contribution in [0.2, 0.25) is 0 Å². The molecule has 2 aliphatic carbocycles. The largest absolute Gasteiger partial charge is 0.240 e. The quantitative estimate of drug-likeness (QED) is 0.442. The van der Waals surface area contributed by atoms with Crippen molar-refractivity contribution in [1.29, 1.82) is 0 Å². The molecule has 58 valence electrons. The first kappa shape index (κ1) is 6.62. The lowest BCUT2D eigenvalue weighted by Gasteiger charge is -2.39. The van der Waals surface area contributed by atoms with Crippen LogP contribution >= 0.6 is 0 Å². The minimum Gasteiger partial charge on any atom is -0.240 e. The van der Waals surface area contributed by atoms with Crippen LogP contribution in [0.1, 0.15) is 32.1 Å². The summed E-state index contributed by atoms with van der Waals surface area (Å²) in [4.78, 5) is 10.0. The van der Waals surface area contributed by atoms with Gasteiger partial charge in [-0.05, 0) is 38.0 Å². The Hall–Kier alpha value is -0.0800. The van der Waals surface area contributed by atoms with Crippen LogP contribution in [0.4, 0.5) is 0 Å². The fraction of sp³-hybridized carbons (Fsp3) is 1.00. The molecule has 2 saturated carbocycles. The molecule has 0 aliphatic heterocycles. The Morgan fingerprint density at radius 3 is 2.30 bits per heavy atom. The molecular weight excluding hydrogens is 128 g/mol. The Bertz CT molecular complexity index is 125. The average Bonchev–Trinajstić information content (AvgIpc) is 2.60. The molecule has 2 rings (SSSR count). The third kappa shape index (κ3) is 0.867. The molecule has 2 aliphatic rings. The van der Waals surface area contributed by atoms with Gasteiger partial charge in [0.05, 0.1) is 7.11 Å². The molecule has 2 nitrogen and oxygen atoms in total. The molecule has 0 bridgehead atoms. The van der Waals surface area contributed by atoms with Crippen molar-refractivity contribution >= 4 is 0 Å². The summed E-state index contributed by atoms with van der Waals surface area (Å²) in [6, 6.07) is 0. The van der Waals surface area contributed by atoms with Gasteiger partial charge < -0.3 is 0 Å². The molecule has 0 atom stereocenters. The Balaban J connectivity index is 1.92. The SMILES string of the molecule is COOC1(C2CC2)CCC1. The second kappa shape index (κ2) is 2.21. The summed E-state index contributed by atoms with van der Waals surface area (Å²) in [7, 11) is 1.61. The van der Waals surface area contributed by atoms with Crippen molar-refractivity contribution in [2.45, 2.75) is 37.7 Å². The first-order chi connectivity index (χ1) is 4.87. The average molecular weight is 142 g/mol. The molecule has 10 heavy (non-hydrogen) atoms. The highest BCUT2D eigenvalue weighted by Crippen LogP contribution is 2.52. The zero-order chi connectivity index (χ0) is 7.03. The number of hydrogen-bond donors (Lipinski definition) is 0. The Morgan fingerprint density at radius 2 is 2.00 bits per heavy atom. The highest BCUT2D eigenvalue weighted by molar-refractivity contribution is 5.00. The Labute approximate surface area is 61.4 Å². The van der Waals surface area contributed by atoms with E-state index in [1.807, 2.05) is 0 Å². The van der Waals surface area contributed by atoms with Gasteiger partial charge in [0.15, 0.2) is 0 Å². The summed E-state index contributed by atoms with van der Waals surface area (Å²) in [6.45, 7) is 0. The maximum absolute atomic E-state index is 5.29. The van der Waals surface area contributed by atoms with E-state index in [9.17, 15) is 0 Å². The van der Waals surface area contributed by atoms with Gasteiger partial charge in [0.25, 0.3) is 0 Å². The molecule has 0 amide bonds. The zero-order valence-corrected chi connectivity index (χ0v) is 6.43. The molecular formula is C8H14O2. The summed E-state index contributed by atoms with van der Waals surface area (Å²) in [5, 5.41) is 0. The Morgan fingerprint density at radius 1 is 1.30 bits per heavy atom. The van der Waals surface area contributed by atoms with E-state index >= 15 is 0 Å². The lowest BCUT2D eigenvalue weighted by atomic mass is 9.76. The van der Waals surface area contributed by atoms with Crippen molar-refractivity contribution in [1.82, 2.24) is 0 Å². The van der Waals surface area contributed by atoms with Crippen LogP contribution in [0.25, 0.3) is 0 Å². The maximum Gasteiger partial charge on any atom is 0.106 e. The zero-order valence-electron chi connectivity index (χ0n) is 6.43. The molecule has 0 saturated heterocycles. The molecule has 2 heteroatoms. The molecule has 2 fully saturated rings. The monoisotopic (exact) mass is 142 g/mol. The number of rotatable bonds is 3. The van der Waals surface area contributed by atoms with Gasteiger partial charge in [0, 0.05) is 0 Å². The summed E-state index contributed by atoms with van der Waals surface area (Å²) < 4.78 is 0. The van der Waals surface area contributed by atoms with Crippen LogP contribution in [0, 0.1) is 5.92 Å². The van der Waals surface area contributed by atoms with Gasteiger partial charge >= 0.3 is 0 Å². The van der Waals surface area contributed by atoms with Gasteiger partial charge in [-0.3, -0.25) is 0 Å². The topological polar surface area (TPSA) is 18.5 Å². The van der Waals surface area contributed by atoms with Gasteiger partial charge in [-0.2, -0.15) is 0 Å². The third-order valence-corrected chi connectivity index (χ3v) is 2.77. The lowest BCUT2D eigenvalue weighted by Crippen LogP contribution is -2.42. The minimum absolute atomic E-state index is 0.161. The van der Waals surface area contributed by atoms with Crippen LogP contribution in [0.5, 0.6) is 0 Å². The first-order valence-corrected chi connectivity index (χ1v) is 4.09. The van der Waals surface area contributed by atoms with Gasteiger partial charge in [-0.15, -0.1) is 0 Å². The van der Waals surface area contributed by atoms with E-state index in [0.717, 1.165) is 5.92 Å². The van der Waals surface area contributed by atoms with Crippen molar-refractivity contribution in [3.05, 3.63) is 0 Å². The van der Waals surface area contributed by atoms with E-state index in [4.69, 9.17) is 9.78 Å². The van der Waals surface area contributed by atoms with E-state index in [1.165, 1.54) is 32.1 Å². The fourth-order valence-corrected chi connectivity index (χ4v) is 1.86. The van der Waals surface area contributed by atoms with Crippen LogP contribution in [-0.2, 0) is 9.78 Å². The van der Waals surface area contributed by atoms with Gasteiger partial charge in [0.2, 0.25) is 0 Å².